The molecule has 1 atom stereocenters. The minimum Gasteiger partial charge on any atom is -0.395 e. The third-order valence-electron chi connectivity index (χ3n) is 5.93. The number of hydrogen-bond donors (Lipinski definition) is 4. The molecule has 0 saturated heterocycles. The number of para-hydroxylation sites is 1. The fraction of sp³-hybridized carbons (Fsp3) is 0.500. The number of aromatic amines is 1. The predicted octanol–water partition coefficient (Wildman–Crippen LogP) is 5.05. The molecule has 1 aromatic carbocycles. The molecule has 4 rings (SSSR count). The van der Waals surface area contributed by atoms with Crippen molar-refractivity contribution in [2.24, 2.45) is 22.4 Å². The van der Waals surface area contributed by atoms with Gasteiger partial charge in [0.2, 0.25) is 0 Å². The van der Waals surface area contributed by atoms with Gasteiger partial charge in [0.25, 0.3) is 0 Å². The first kappa shape index (κ1) is 26.5. The average Bonchev–Trinajstić information content (AvgIpc) is 3.57. The minimum absolute atomic E-state index is 0.434. The molecule has 33 heavy (non-hydrogen) atoms. The maximum atomic E-state index is 6.37. The Morgan fingerprint density at radius 1 is 1.33 bits per heavy atom. The lowest BCUT2D eigenvalue weighted by molar-refractivity contribution is 0.0877. The van der Waals surface area contributed by atoms with E-state index in [4.69, 9.17) is 11.5 Å². The van der Waals surface area contributed by atoms with Crippen molar-refractivity contribution >= 4 is 22.4 Å². The summed E-state index contributed by atoms with van der Waals surface area (Å²) < 4.78 is 0. The van der Waals surface area contributed by atoms with Gasteiger partial charge in [-0.05, 0) is 42.7 Å². The molecular weight excluding hydrogens is 412 g/mol. The van der Waals surface area contributed by atoms with Gasteiger partial charge < -0.3 is 26.2 Å². The number of amidine groups is 1. The number of benzene rings is 1. The number of rotatable bonds is 7. The zero-order valence-corrected chi connectivity index (χ0v) is 21.1. The Morgan fingerprint density at radius 2 is 2.06 bits per heavy atom. The van der Waals surface area contributed by atoms with Crippen LogP contribution in [0.2, 0.25) is 0 Å². The van der Waals surface area contributed by atoms with Crippen molar-refractivity contribution in [3.05, 3.63) is 53.6 Å². The number of hydroxylamine groups is 1. The Hall–Kier alpha value is -2.77. The Morgan fingerprint density at radius 3 is 2.67 bits per heavy atom. The number of fused-ring (bicyclic) bond motifs is 1. The van der Waals surface area contributed by atoms with Gasteiger partial charge in [0.1, 0.15) is 11.5 Å². The maximum absolute atomic E-state index is 6.37. The lowest BCUT2D eigenvalue weighted by Crippen LogP contribution is -2.30. The van der Waals surface area contributed by atoms with E-state index in [1.54, 1.807) is 13.3 Å². The number of H-pyrrole nitrogens is 1. The van der Waals surface area contributed by atoms with Crippen LogP contribution in [-0.4, -0.2) is 36.4 Å². The lowest BCUT2D eigenvalue weighted by Gasteiger charge is -2.22. The topological polar surface area (TPSA) is 105 Å². The summed E-state index contributed by atoms with van der Waals surface area (Å²) in [5.41, 5.74) is 20.0. The number of aromatic nitrogens is 1. The number of likely N-dealkylation sites (N-methyl/N-ethyl adjacent to an activating group) is 1. The first-order valence-electron chi connectivity index (χ1n) is 12.1. The van der Waals surface area contributed by atoms with Crippen LogP contribution < -0.4 is 16.9 Å². The Labute approximate surface area is 198 Å². The fourth-order valence-electron chi connectivity index (χ4n) is 3.66. The number of aliphatic imine (C=N–C) groups is 1. The zero-order valence-electron chi connectivity index (χ0n) is 21.1. The Kier molecular flexibility index (Phi) is 10.5. The summed E-state index contributed by atoms with van der Waals surface area (Å²) in [5, 5.41) is 1.19. The van der Waals surface area contributed by atoms with E-state index in [2.05, 4.69) is 58.4 Å². The van der Waals surface area contributed by atoms with Gasteiger partial charge in [0, 0.05) is 36.9 Å². The van der Waals surface area contributed by atoms with Gasteiger partial charge in [0.15, 0.2) is 0 Å². The van der Waals surface area contributed by atoms with Gasteiger partial charge in [-0.2, -0.15) is 0 Å². The zero-order chi connectivity index (χ0) is 24.4. The van der Waals surface area contributed by atoms with E-state index in [0.29, 0.717) is 17.5 Å². The van der Waals surface area contributed by atoms with Crippen molar-refractivity contribution in [1.82, 2.24) is 15.4 Å². The molecular formula is C26H42N6O. The average molecular weight is 455 g/mol. The van der Waals surface area contributed by atoms with Gasteiger partial charge in [-0.15, -0.1) is 0 Å². The van der Waals surface area contributed by atoms with Gasteiger partial charge in [-0.25, -0.2) is 10.5 Å². The summed E-state index contributed by atoms with van der Waals surface area (Å²) in [6.45, 7) is 9.42. The minimum atomic E-state index is 0.434. The number of nitrogens with two attached hydrogens (primary N) is 2. The molecule has 2 heterocycles. The highest BCUT2D eigenvalue weighted by molar-refractivity contribution is 6.04. The first-order valence-corrected chi connectivity index (χ1v) is 12.1. The van der Waals surface area contributed by atoms with Crippen LogP contribution in [0.25, 0.3) is 16.6 Å². The van der Waals surface area contributed by atoms with Crippen molar-refractivity contribution in [3.8, 4) is 0 Å². The van der Waals surface area contributed by atoms with Crippen molar-refractivity contribution in [3.63, 3.8) is 0 Å². The van der Waals surface area contributed by atoms with Crippen LogP contribution >= 0.6 is 0 Å². The summed E-state index contributed by atoms with van der Waals surface area (Å²) in [4.78, 5) is 14.2. The number of hydrogen-bond acceptors (Lipinski definition) is 6. The largest absolute Gasteiger partial charge is 0.395 e. The first-order chi connectivity index (χ1) is 16.0. The summed E-state index contributed by atoms with van der Waals surface area (Å²) in [6.07, 6.45) is 8.52. The molecule has 7 nitrogen and oxygen atoms in total. The molecule has 1 fully saturated rings. The molecule has 2 aromatic rings. The van der Waals surface area contributed by atoms with Gasteiger partial charge in [-0.1, -0.05) is 52.3 Å². The molecule has 1 aliphatic carbocycles. The maximum Gasteiger partial charge on any atom is 0.149 e. The van der Waals surface area contributed by atoms with Crippen molar-refractivity contribution in [1.29, 1.82) is 0 Å². The lowest BCUT2D eigenvalue weighted by atomic mass is 10.1. The molecule has 1 aliphatic heterocycles. The van der Waals surface area contributed by atoms with Crippen LogP contribution in [0.15, 0.2) is 47.4 Å². The molecule has 7 heteroatoms. The van der Waals surface area contributed by atoms with Crippen molar-refractivity contribution in [2.75, 3.05) is 20.7 Å². The second-order valence-corrected chi connectivity index (χ2v) is 8.35. The predicted molar refractivity (Wildman–Crippen MR) is 140 cm³/mol. The van der Waals surface area contributed by atoms with E-state index in [0.717, 1.165) is 23.9 Å². The molecule has 0 spiro atoms. The second-order valence-electron chi connectivity index (χ2n) is 8.35. The molecule has 0 bridgehead atoms. The highest BCUT2D eigenvalue weighted by Gasteiger charge is 2.26. The second kappa shape index (κ2) is 13.1. The van der Waals surface area contributed by atoms with Crippen LogP contribution in [0.1, 0.15) is 70.6 Å². The van der Waals surface area contributed by atoms with E-state index in [9.17, 15) is 0 Å². The molecule has 1 aromatic heterocycles. The summed E-state index contributed by atoms with van der Waals surface area (Å²) in [7, 11) is 3.56. The van der Waals surface area contributed by atoms with Crippen LogP contribution in [-0.2, 0) is 4.84 Å². The highest BCUT2D eigenvalue weighted by Crippen LogP contribution is 2.43. The summed E-state index contributed by atoms with van der Waals surface area (Å²) in [6, 6.07) is 8.52. The molecule has 0 unspecified atom stereocenters. The third-order valence-corrected chi connectivity index (χ3v) is 5.93. The smallest absolute Gasteiger partial charge is 0.149 e. The van der Waals surface area contributed by atoms with E-state index in [1.165, 1.54) is 42.1 Å². The molecule has 0 radical (unpaired) electrons. The number of nitrogens with one attached hydrogen (secondary N) is 2. The number of nitrogens with zero attached hydrogens (tertiary/aromatic N) is 2. The highest BCUT2D eigenvalue weighted by atomic mass is 16.6. The van der Waals surface area contributed by atoms with Crippen LogP contribution in [0, 0.1) is 5.92 Å². The van der Waals surface area contributed by atoms with Crippen LogP contribution in [0.4, 0.5) is 0 Å². The van der Waals surface area contributed by atoms with Crippen LogP contribution in [0.5, 0.6) is 0 Å². The van der Waals surface area contributed by atoms with E-state index in [1.807, 2.05) is 32.0 Å². The molecule has 2 aliphatic rings. The van der Waals surface area contributed by atoms with E-state index >= 15 is 0 Å². The Balaban J connectivity index is 0.000000299. The molecule has 0 amide bonds. The van der Waals surface area contributed by atoms with Crippen molar-refractivity contribution < 1.29 is 4.84 Å². The van der Waals surface area contributed by atoms with E-state index < -0.39 is 0 Å². The SMILES string of the molecule is CC.CC[C@H](C)CCNOC.CN1C=CN=C(N)/C1=C(/N)c1cc2cccc(C3CC3)c2[nH]1. The monoisotopic (exact) mass is 454 g/mol. The Bertz CT molecular complexity index is 970. The van der Waals surface area contributed by atoms with Crippen molar-refractivity contribution in [2.45, 2.75) is 59.3 Å². The summed E-state index contributed by atoms with van der Waals surface area (Å²) >= 11 is 0. The standard InChI is InChI=1S/C17H19N5.C7H17NO.C2H6/c1-22-8-7-20-17(19)16(22)14(18)13-9-11-3-2-4-12(10-5-6-10)15(11)21-13;1-4-7(2)5-6-8-9-3;1-2/h2-4,7-10,21H,5-6,18H2,1H3,(H2,19,20);7-8H,4-6H2,1-3H3;1-2H3/b16-14-;;/t;7-;/m.0./s1. The van der Waals surface area contributed by atoms with Gasteiger partial charge in [-0.3, -0.25) is 0 Å². The summed E-state index contributed by atoms with van der Waals surface area (Å²) in [5.74, 6) is 1.94. The normalized spacial score (nSPS) is 17.5. The van der Waals surface area contributed by atoms with Crippen LogP contribution in [0.3, 0.4) is 0 Å². The van der Waals surface area contributed by atoms with Gasteiger partial charge in [0.05, 0.1) is 18.5 Å². The molecule has 182 valence electrons. The van der Waals surface area contributed by atoms with E-state index in [-0.39, 0.29) is 0 Å². The fourth-order valence-corrected chi connectivity index (χ4v) is 3.66. The quantitative estimate of drug-likeness (QED) is 0.346. The molecule has 1 saturated carbocycles. The molecule has 6 N–H and O–H groups in total. The third kappa shape index (κ3) is 7.11. The van der Waals surface area contributed by atoms with Gasteiger partial charge >= 0.3 is 0 Å².